The van der Waals surface area contributed by atoms with E-state index in [1.165, 1.54) is 97.5 Å². The molecular weight excluding hydrogens is 963 g/mol. The van der Waals surface area contributed by atoms with Crippen LogP contribution in [0.4, 0.5) is 0 Å². The summed E-state index contributed by atoms with van der Waals surface area (Å²) in [5.41, 5.74) is 14.3. The minimum absolute atomic E-state index is 0.817. The van der Waals surface area contributed by atoms with Gasteiger partial charge in [-0.2, -0.15) is 0 Å². The molecule has 15 aromatic rings. The summed E-state index contributed by atoms with van der Waals surface area (Å²) >= 11 is 0. The number of hydrogen-bond donors (Lipinski definition) is 0. The van der Waals surface area contributed by atoms with Gasteiger partial charge in [0.05, 0.1) is 44.2 Å². The molecule has 0 fully saturated rings. The van der Waals surface area contributed by atoms with E-state index in [9.17, 15) is 0 Å². The molecule has 0 saturated heterocycles. The molecule has 0 N–H and O–H groups in total. The molecule has 0 radical (unpaired) electrons. The summed E-state index contributed by atoms with van der Waals surface area (Å²) in [6.45, 7) is 0. The van der Waals surface area contributed by atoms with E-state index in [-0.39, 0.29) is 0 Å². The Morgan fingerprint density at radius 1 is 0.269 bits per heavy atom. The van der Waals surface area contributed by atoms with Gasteiger partial charge in [0.2, 0.25) is 0 Å². The zero-order chi connectivity index (χ0) is 51.1. The summed E-state index contributed by atoms with van der Waals surface area (Å²) < 4.78 is 14.7. The lowest BCUT2D eigenvalue weighted by Gasteiger charge is -2.45. The third-order valence-electron chi connectivity index (χ3n) is 17.4. The SMILES string of the molecule is c1ccc([Si](c2ccccc2)(c2ccccc2)c2ccc3c(c2)-n2c4ccc(-n5c6ccccc6c6ccccc65)cc4c4cc(-n5c6ccccc6c6ccccc65)cc(c42)C32c3ccccc3Oc3ccccc32)cc1. The second-order valence-corrected chi connectivity index (χ2v) is 24.9. The van der Waals surface area contributed by atoms with Gasteiger partial charge in [0, 0.05) is 54.8 Å². The molecule has 4 nitrogen and oxygen atoms in total. The summed E-state index contributed by atoms with van der Waals surface area (Å²) in [5.74, 6) is 1.72. The van der Waals surface area contributed by atoms with E-state index >= 15 is 0 Å². The molecule has 12 aromatic carbocycles. The first-order valence-electron chi connectivity index (χ1n) is 27.0. The average molecular weight is 1010 g/mol. The average Bonchev–Trinajstić information content (AvgIpc) is 3.66. The van der Waals surface area contributed by atoms with Crippen molar-refractivity contribution in [2.75, 3.05) is 0 Å². The van der Waals surface area contributed by atoms with Gasteiger partial charge < -0.3 is 18.4 Å². The van der Waals surface area contributed by atoms with E-state index in [0.717, 1.165) is 39.5 Å². The third-order valence-corrected chi connectivity index (χ3v) is 22.2. The van der Waals surface area contributed by atoms with Crippen molar-refractivity contribution in [1.82, 2.24) is 13.7 Å². The van der Waals surface area contributed by atoms with E-state index in [4.69, 9.17) is 4.74 Å². The minimum Gasteiger partial charge on any atom is -0.457 e. The van der Waals surface area contributed by atoms with E-state index < -0.39 is 13.5 Å². The number of hydrogen-bond acceptors (Lipinski definition) is 1. The molecule has 2 aliphatic heterocycles. The van der Waals surface area contributed by atoms with E-state index in [0.29, 0.717) is 0 Å². The number of ether oxygens (including phenoxy) is 1. The Kier molecular flexibility index (Phi) is 9.04. The Bertz CT molecular complexity index is 4700. The number of para-hydroxylation sites is 6. The first-order chi connectivity index (χ1) is 38.7. The number of aromatic nitrogens is 3. The van der Waals surface area contributed by atoms with Crippen LogP contribution >= 0.6 is 0 Å². The molecule has 0 saturated carbocycles. The Hall–Kier alpha value is -9.94. The van der Waals surface area contributed by atoms with Gasteiger partial charge in [0.25, 0.3) is 0 Å². The molecule has 0 bridgehead atoms. The highest BCUT2D eigenvalue weighted by Crippen LogP contribution is 2.61. The van der Waals surface area contributed by atoms with Crippen LogP contribution in [0.15, 0.2) is 285 Å². The Morgan fingerprint density at radius 2 is 0.692 bits per heavy atom. The minimum atomic E-state index is -3.03. The lowest BCUT2D eigenvalue weighted by atomic mass is 9.61. The fourth-order valence-electron chi connectivity index (χ4n) is 14.4. The molecule has 3 aromatic heterocycles. The first-order valence-corrected chi connectivity index (χ1v) is 29.0. The van der Waals surface area contributed by atoms with Crippen LogP contribution in [0.3, 0.4) is 0 Å². The lowest BCUT2D eigenvalue weighted by Crippen LogP contribution is -2.74. The maximum absolute atomic E-state index is 7.05. The summed E-state index contributed by atoms with van der Waals surface area (Å²) in [7, 11) is -3.03. The molecule has 1 spiro atoms. The molecule has 364 valence electrons. The Balaban J connectivity index is 1.08. The van der Waals surface area contributed by atoms with Crippen LogP contribution in [0.1, 0.15) is 22.3 Å². The molecule has 5 heterocycles. The van der Waals surface area contributed by atoms with Crippen molar-refractivity contribution in [2.24, 2.45) is 0 Å². The van der Waals surface area contributed by atoms with E-state index in [2.05, 4.69) is 299 Å². The van der Waals surface area contributed by atoms with Gasteiger partial charge in [0.1, 0.15) is 11.5 Å². The Labute approximate surface area is 451 Å². The van der Waals surface area contributed by atoms with Crippen LogP contribution in [0.5, 0.6) is 11.5 Å². The topological polar surface area (TPSA) is 24.0 Å². The quantitative estimate of drug-likeness (QED) is 0.120. The third kappa shape index (κ3) is 5.67. The number of rotatable bonds is 6. The van der Waals surface area contributed by atoms with Crippen LogP contribution < -0.4 is 25.5 Å². The predicted molar refractivity (Wildman–Crippen MR) is 325 cm³/mol. The number of nitrogens with zero attached hydrogens (tertiary/aromatic N) is 3. The smallest absolute Gasteiger partial charge is 0.179 e. The van der Waals surface area contributed by atoms with E-state index in [1.807, 2.05) is 0 Å². The normalized spacial score (nSPS) is 13.3. The molecule has 0 unspecified atom stereocenters. The molecule has 2 aliphatic rings. The van der Waals surface area contributed by atoms with Gasteiger partial charge >= 0.3 is 0 Å². The van der Waals surface area contributed by atoms with Gasteiger partial charge in [0.15, 0.2) is 8.07 Å². The van der Waals surface area contributed by atoms with Crippen LogP contribution in [0.25, 0.3) is 82.5 Å². The molecule has 0 atom stereocenters. The highest BCUT2D eigenvalue weighted by Gasteiger charge is 2.52. The summed E-state index contributed by atoms with van der Waals surface area (Å²) in [4.78, 5) is 0. The maximum atomic E-state index is 7.05. The number of benzene rings is 12. The standard InChI is InChI=1S/C73H47N3OSi/c1-4-22-50(23-5-1)78(51-24-6-2-7-25-51,52-26-8-3-9-27-52)53-41-42-60-69(47-53)76-68-43-40-48(74-64-34-16-10-28-54(64)55-29-11-17-35-65(55)74)44-58(68)59-45-49(75-66-36-18-12-30-56(66)57-31-13-19-37-67(57)75)46-63(72(59)76)73(60)61-32-14-20-38-70(61)77-71-39-21-15-33-62(71)73/h1-47H. The molecule has 5 heteroatoms. The number of fused-ring (bicyclic) bond motifs is 17. The Morgan fingerprint density at radius 3 is 1.21 bits per heavy atom. The summed E-state index contributed by atoms with van der Waals surface area (Å²) in [6, 6.07) is 107. The maximum Gasteiger partial charge on any atom is 0.179 e. The van der Waals surface area contributed by atoms with Gasteiger partial charge in [-0.05, 0) is 105 Å². The summed E-state index contributed by atoms with van der Waals surface area (Å²) in [5, 5.41) is 12.7. The summed E-state index contributed by atoms with van der Waals surface area (Å²) in [6.07, 6.45) is 0. The predicted octanol–water partition coefficient (Wildman–Crippen LogP) is 15.2. The van der Waals surface area contributed by atoms with Crippen molar-refractivity contribution in [3.8, 4) is 28.6 Å². The van der Waals surface area contributed by atoms with Gasteiger partial charge in [-0.25, -0.2) is 0 Å². The molecule has 17 rings (SSSR count). The van der Waals surface area contributed by atoms with Crippen LogP contribution in [0.2, 0.25) is 0 Å². The molecular formula is C73H47N3OSi. The fourth-order valence-corrected chi connectivity index (χ4v) is 19.1. The zero-order valence-corrected chi connectivity index (χ0v) is 43.4. The molecule has 0 aliphatic carbocycles. The van der Waals surface area contributed by atoms with Crippen molar-refractivity contribution >= 4 is 94.2 Å². The van der Waals surface area contributed by atoms with Gasteiger partial charge in [-0.1, -0.05) is 212 Å². The highest BCUT2D eigenvalue weighted by atomic mass is 28.3. The largest absolute Gasteiger partial charge is 0.457 e. The highest BCUT2D eigenvalue weighted by molar-refractivity contribution is 7.19. The first kappa shape index (κ1) is 43.3. The van der Waals surface area contributed by atoms with Gasteiger partial charge in [-0.3, -0.25) is 0 Å². The lowest BCUT2D eigenvalue weighted by molar-refractivity contribution is 0.434. The second-order valence-electron chi connectivity index (χ2n) is 21.1. The van der Waals surface area contributed by atoms with Gasteiger partial charge in [-0.15, -0.1) is 0 Å². The van der Waals surface area contributed by atoms with E-state index in [1.54, 1.807) is 0 Å². The van der Waals surface area contributed by atoms with Crippen molar-refractivity contribution in [2.45, 2.75) is 5.41 Å². The van der Waals surface area contributed by atoms with Crippen molar-refractivity contribution in [1.29, 1.82) is 0 Å². The van der Waals surface area contributed by atoms with Crippen molar-refractivity contribution in [3.05, 3.63) is 307 Å². The fraction of sp³-hybridized carbons (Fsp3) is 0.0137. The van der Waals surface area contributed by atoms with Crippen molar-refractivity contribution < 1.29 is 4.74 Å². The molecule has 0 amide bonds. The second kappa shape index (κ2) is 16.3. The van der Waals surface area contributed by atoms with Crippen LogP contribution in [-0.4, -0.2) is 21.8 Å². The van der Waals surface area contributed by atoms with Crippen molar-refractivity contribution in [3.63, 3.8) is 0 Å². The zero-order valence-electron chi connectivity index (χ0n) is 42.4. The monoisotopic (exact) mass is 1010 g/mol. The van der Waals surface area contributed by atoms with Crippen LogP contribution in [-0.2, 0) is 5.41 Å². The van der Waals surface area contributed by atoms with Crippen LogP contribution in [0, 0.1) is 0 Å². The molecule has 78 heavy (non-hydrogen) atoms.